The van der Waals surface area contributed by atoms with Gasteiger partial charge in [0.05, 0.1) is 13.5 Å². The van der Waals surface area contributed by atoms with Gasteiger partial charge in [0.2, 0.25) is 5.91 Å². The van der Waals surface area contributed by atoms with E-state index >= 15 is 0 Å². The lowest BCUT2D eigenvalue weighted by atomic mass is 10.1. The van der Waals surface area contributed by atoms with Crippen molar-refractivity contribution in [3.63, 3.8) is 0 Å². The van der Waals surface area contributed by atoms with Crippen molar-refractivity contribution in [1.82, 2.24) is 5.32 Å². The number of ether oxygens (including phenoxy) is 1. The fraction of sp³-hybridized carbons (Fsp3) is 0.222. The van der Waals surface area contributed by atoms with Gasteiger partial charge in [-0.05, 0) is 42.8 Å². The molecule has 0 heterocycles. The number of carbonyl (C=O) groups excluding carboxylic acids is 2. The van der Waals surface area contributed by atoms with Crippen LogP contribution in [0.3, 0.4) is 0 Å². The molecule has 0 aliphatic carbocycles. The number of nitrogens with two attached hydrogens (primary N) is 1. The maximum Gasteiger partial charge on any atom is 0.265 e. The van der Waals surface area contributed by atoms with Crippen LogP contribution in [-0.4, -0.2) is 33.9 Å². The van der Waals surface area contributed by atoms with Crippen LogP contribution < -0.4 is 20.5 Å². The maximum atomic E-state index is 12.8. The van der Waals surface area contributed by atoms with E-state index in [1.165, 1.54) is 37.4 Å². The predicted molar refractivity (Wildman–Crippen MR) is 101 cm³/mol. The summed E-state index contributed by atoms with van der Waals surface area (Å²) in [5, 5.41) is 2.62. The van der Waals surface area contributed by atoms with Gasteiger partial charge in [-0.2, -0.15) is 0 Å². The van der Waals surface area contributed by atoms with E-state index in [0.717, 1.165) is 0 Å². The van der Waals surface area contributed by atoms with E-state index < -0.39 is 15.9 Å². The lowest BCUT2D eigenvalue weighted by molar-refractivity contribution is -0.117. The lowest BCUT2D eigenvalue weighted by Crippen LogP contribution is -2.23. The van der Waals surface area contributed by atoms with Crippen molar-refractivity contribution in [3.05, 3.63) is 53.6 Å². The molecule has 144 valence electrons. The molecule has 0 radical (unpaired) electrons. The smallest absolute Gasteiger partial charge is 0.265 e. The normalized spacial score (nSPS) is 10.9. The number of benzene rings is 2. The highest BCUT2D eigenvalue weighted by Crippen LogP contribution is 2.27. The van der Waals surface area contributed by atoms with Crippen LogP contribution in [0.2, 0.25) is 0 Å². The van der Waals surface area contributed by atoms with Crippen LogP contribution in [-0.2, 0) is 21.2 Å². The first-order valence-electron chi connectivity index (χ1n) is 8.13. The number of methoxy groups -OCH3 is 1. The molecule has 2 aromatic rings. The van der Waals surface area contributed by atoms with E-state index in [2.05, 4.69) is 10.0 Å². The third-order valence-electron chi connectivity index (χ3n) is 3.64. The van der Waals surface area contributed by atoms with Crippen LogP contribution >= 0.6 is 0 Å². The molecule has 0 aromatic heterocycles. The Bertz CT molecular complexity index is 940. The van der Waals surface area contributed by atoms with Crippen molar-refractivity contribution in [2.24, 2.45) is 5.73 Å². The van der Waals surface area contributed by atoms with Crippen molar-refractivity contribution < 1.29 is 22.7 Å². The second-order valence-electron chi connectivity index (χ2n) is 5.67. The van der Waals surface area contributed by atoms with Gasteiger partial charge < -0.3 is 15.8 Å². The number of rotatable bonds is 8. The highest BCUT2D eigenvalue weighted by molar-refractivity contribution is 7.92. The van der Waals surface area contributed by atoms with E-state index in [-0.39, 0.29) is 28.5 Å². The van der Waals surface area contributed by atoms with E-state index in [1.54, 1.807) is 19.1 Å². The Kier molecular flexibility index (Phi) is 6.40. The summed E-state index contributed by atoms with van der Waals surface area (Å²) in [5.74, 6) is -0.747. The average molecular weight is 391 g/mol. The molecule has 0 spiro atoms. The molecule has 0 unspecified atom stereocenters. The van der Waals surface area contributed by atoms with E-state index in [4.69, 9.17) is 10.5 Å². The minimum absolute atomic E-state index is 0.0649. The Hall–Kier alpha value is -3.07. The highest BCUT2D eigenvalue weighted by Gasteiger charge is 2.22. The number of anilines is 1. The summed E-state index contributed by atoms with van der Waals surface area (Å²) < 4.78 is 33.1. The second kappa shape index (κ2) is 8.54. The zero-order valence-electron chi connectivity index (χ0n) is 15.0. The first kappa shape index (κ1) is 20.2. The Morgan fingerprint density at radius 2 is 1.78 bits per heavy atom. The zero-order valence-corrected chi connectivity index (χ0v) is 15.8. The van der Waals surface area contributed by atoms with Crippen LogP contribution in [0.1, 0.15) is 22.8 Å². The molecule has 2 rings (SSSR count). The third kappa shape index (κ3) is 5.20. The summed E-state index contributed by atoms with van der Waals surface area (Å²) in [4.78, 5) is 22.8. The summed E-state index contributed by atoms with van der Waals surface area (Å²) in [6.07, 6.45) is 0.0649. The first-order chi connectivity index (χ1) is 12.8. The number of hydrogen-bond donors (Lipinski definition) is 3. The van der Waals surface area contributed by atoms with Gasteiger partial charge in [0.25, 0.3) is 15.9 Å². The minimum atomic E-state index is -4.01. The molecule has 4 N–H and O–H groups in total. The largest absolute Gasteiger partial charge is 0.495 e. The average Bonchev–Trinajstić information content (AvgIpc) is 2.62. The topological polar surface area (TPSA) is 128 Å². The number of sulfonamides is 1. The summed E-state index contributed by atoms with van der Waals surface area (Å²) in [7, 11) is -2.66. The van der Waals surface area contributed by atoms with Crippen LogP contribution in [0.25, 0.3) is 0 Å². The van der Waals surface area contributed by atoms with Crippen molar-refractivity contribution in [3.8, 4) is 5.75 Å². The number of hydrogen-bond acceptors (Lipinski definition) is 5. The van der Waals surface area contributed by atoms with Crippen LogP contribution in [0, 0.1) is 0 Å². The number of carbonyl (C=O) groups is 2. The lowest BCUT2D eigenvalue weighted by Gasteiger charge is -2.13. The molecule has 27 heavy (non-hydrogen) atoms. The summed E-state index contributed by atoms with van der Waals surface area (Å²) >= 11 is 0. The van der Waals surface area contributed by atoms with Gasteiger partial charge in [0.1, 0.15) is 10.6 Å². The van der Waals surface area contributed by atoms with Crippen LogP contribution in [0.5, 0.6) is 5.75 Å². The van der Waals surface area contributed by atoms with Crippen LogP contribution in [0.15, 0.2) is 47.4 Å². The van der Waals surface area contributed by atoms with Crippen molar-refractivity contribution in [2.45, 2.75) is 18.2 Å². The van der Waals surface area contributed by atoms with Gasteiger partial charge in [0.15, 0.2) is 0 Å². The molecular weight excluding hydrogens is 370 g/mol. The van der Waals surface area contributed by atoms with Crippen LogP contribution in [0.4, 0.5) is 5.69 Å². The Labute approximate surface area is 157 Å². The quantitative estimate of drug-likeness (QED) is 0.624. The molecule has 0 aliphatic rings. The standard InChI is InChI=1S/C18H21N3O5S/c1-3-20-18(23)13-6-9-15(26-2)16(11-13)27(24,25)21-14-7-4-12(5-8-14)10-17(19)22/h4-9,11,21H,3,10H2,1-2H3,(H2,19,22)(H,20,23). The third-order valence-corrected chi connectivity index (χ3v) is 5.04. The molecule has 9 heteroatoms. The molecule has 8 nitrogen and oxygen atoms in total. The number of nitrogens with one attached hydrogen (secondary N) is 2. The SMILES string of the molecule is CCNC(=O)c1ccc(OC)c(S(=O)(=O)Nc2ccc(CC(N)=O)cc2)c1. The molecule has 0 aliphatic heterocycles. The van der Waals surface area contributed by atoms with Crippen molar-refractivity contribution in [2.75, 3.05) is 18.4 Å². The molecule has 0 atom stereocenters. The van der Waals surface area contributed by atoms with Gasteiger partial charge in [-0.1, -0.05) is 12.1 Å². The highest BCUT2D eigenvalue weighted by atomic mass is 32.2. The van der Waals surface area contributed by atoms with Crippen molar-refractivity contribution >= 4 is 27.5 Å². The van der Waals surface area contributed by atoms with Gasteiger partial charge in [-0.15, -0.1) is 0 Å². The molecule has 0 saturated carbocycles. The molecule has 0 fully saturated rings. The van der Waals surface area contributed by atoms with Crippen molar-refractivity contribution in [1.29, 1.82) is 0 Å². The van der Waals surface area contributed by atoms with Gasteiger partial charge in [0, 0.05) is 17.8 Å². The van der Waals surface area contributed by atoms with E-state index in [1.807, 2.05) is 0 Å². The molecule has 2 aromatic carbocycles. The number of primary amides is 1. The number of amides is 2. The zero-order chi connectivity index (χ0) is 20.0. The fourth-order valence-electron chi connectivity index (χ4n) is 2.39. The van der Waals surface area contributed by atoms with E-state index in [9.17, 15) is 18.0 Å². The van der Waals surface area contributed by atoms with Gasteiger partial charge >= 0.3 is 0 Å². The summed E-state index contributed by atoms with van der Waals surface area (Å²) in [6, 6.07) is 10.4. The Balaban J connectivity index is 2.33. The maximum absolute atomic E-state index is 12.8. The fourth-order valence-corrected chi connectivity index (χ4v) is 3.65. The van der Waals surface area contributed by atoms with Gasteiger partial charge in [-0.25, -0.2) is 8.42 Å². The molecule has 2 amide bonds. The summed E-state index contributed by atoms with van der Waals surface area (Å²) in [5.41, 5.74) is 6.31. The predicted octanol–water partition coefficient (Wildman–Crippen LogP) is 1.27. The monoisotopic (exact) mass is 391 g/mol. The van der Waals surface area contributed by atoms with Gasteiger partial charge in [-0.3, -0.25) is 14.3 Å². The summed E-state index contributed by atoms with van der Waals surface area (Å²) in [6.45, 7) is 2.19. The Morgan fingerprint density at radius 1 is 1.11 bits per heavy atom. The van der Waals surface area contributed by atoms with E-state index in [0.29, 0.717) is 17.8 Å². The molecular formula is C18H21N3O5S. The Morgan fingerprint density at radius 3 is 2.33 bits per heavy atom. The second-order valence-corrected chi connectivity index (χ2v) is 7.32. The molecule has 0 saturated heterocycles. The molecule has 0 bridgehead atoms. The minimum Gasteiger partial charge on any atom is -0.495 e. The first-order valence-corrected chi connectivity index (χ1v) is 9.61.